The first-order valence-electron chi connectivity index (χ1n) is 7.96. The lowest BCUT2D eigenvalue weighted by atomic mass is 10.1. The summed E-state index contributed by atoms with van der Waals surface area (Å²) in [6.45, 7) is 3.15. The molecule has 1 atom stereocenters. The van der Waals surface area contributed by atoms with Gasteiger partial charge in [-0.3, -0.25) is 4.68 Å². The van der Waals surface area contributed by atoms with Gasteiger partial charge < -0.3 is 5.32 Å². The molecule has 1 unspecified atom stereocenters. The summed E-state index contributed by atoms with van der Waals surface area (Å²) in [6.07, 6.45) is 9.54. The molecule has 0 amide bonds. The van der Waals surface area contributed by atoms with Crippen LogP contribution >= 0.6 is 11.3 Å². The van der Waals surface area contributed by atoms with Crippen molar-refractivity contribution in [2.45, 2.75) is 51.5 Å². The summed E-state index contributed by atoms with van der Waals surface area (Å²) in [4.78, 5) is 3.08. The Hall–Kier alpha value is -1.20. The van der Waals surface area contributed by atoms with Crippen LogP contribution in [0.25, 0.3) is 0 Å². The molecule has 2 aromatic heterocycles. The molecule has 1 N–H and O–H groups in total. The van der Waals surface area contributed by atoms with E-state index in [0.29, 0.717) is 6.04 Å². The van der Waals surface area contributed by atoms with Crippen LogP contribution in [0.5, 0.6) is 0 Å². The molecule has 1 aliphatic carbocycles. The highest BCUT2D eigenvalue weighted by molar-refractivity contribution is 7.12. The number of rotatable bonds is 5. The lowest BCUT2D eigenvalue weighted by Gasteiger charge is -2.14. The monoisotopic (exact) mass is 304 g/mol. The van der Waals surface area contributed by atoms with Crippen LogP contribution < -0.4 is 5.32 Å². The lowest BCUT2D eigenvalue weighted by Crippen LogP contribution is -2.22. The molecule has 4 nitrogen and oxygen atoms in total. The largest absolute Gasteiger partial charge is 0.309 e. The number of hydrogen-bond donors (Lipinski definition) is 1. The first-order valence-corrected chi connectivity index (χ1v) is 8.78. The second-order valence-electron chi connectivity index (χ2n) is 5.86. The first kappa shape index (κ1) is 14.7. The highest BCUT2D eigenvalue weighted by Crippen LogP contribution is 2.33. The van der Waals surface area contributed by atoms with Crippen molar-refractivity contribution < 1.29 is 0 Å². The molecule has 0 bridgehead atoms. The van der Waals surface area contributed by atoms with Crippen molar-refractivity contribution in [2.24, 2.45) is 7.05 Å². The van der Waals surface area contributed by atoms with Gasteiger partial charge in [0.15, 0.2) is 0 Å². The van der Waals surface area contributed by atoms with E-state index in [1.54, 1.807) is 15.1 Å². The molecular weight excluding hydrogens is 280 g/mol. The van der Waals surface area contributed by atoms with Gasteiger partial charge in [0.1, 0.15) is 0 Å². The van der Waals surface area contributed by atoms with Crippen molar-refractivity contribution in [3.63, 3.8) is 0 Å². The van der Waals surface area contributed by atoms with Crippen LogP contribution in [-0.4, -0.2) is 21.5 Å². The van der Waals surface area contributed by atoms with Crippen LogP contribution in [0.15, 0.2) is 12.3 Å². The van der Waals surface area contributed by atoms with Gasteiger partial charge in [0.05, 0.1) is 5.69 Å². The molecule has 0 saturated heterocycles. The zero-order valence-corrected chi connectivity index (χ0v) is 13.7. The van der Waals surface area contributed by atoms with Gasteiger partial charge in [-0.05, 0) is 43.9 Å². The normalized spacial score (nSPS) is 16.5. The summed E-state index contributed by atoms with van der Waals surface area (Å²) in [5.74, 6) is 0. The Balaban J connectivity index is 1.80. The van der Waals surface area contributed by atoms with E-state index in [4.69, 9.17) is 0 Å². The molecule has 2 heterocycles. The van der Waals surface area contributed by atoms with Gasteiger partial charge in [-0.2, -0.15) is 0 Å². The quantitative estimate of drug-likeness (QED) is 0.863. The zero-order chi connectivity index (χ0) is 14.7. The van der Waals surface area contributed by atoms with E-state index in [1.807, 2.05) is 24.6 Å². The molecule has 0 fully saturated rings. The molecule has 21 heavy (non-hydrogen) atoms. The van der Waals surface area contributed by atoms with Crippen LogP contribution in [0.1, 0.15) is 53.2 Å². The molecular formula is C16H24N4S. The van der Waals surface area contributed by atoms with Gasteiger partial charge >= 0.3 is 0 Å². The van der Waals surface area contributed by atoms with Crippen LogP contribution in [0.2, 0.25) is 0 Å². The van der Waals surface area contributed by atoms with Gasteiger partial charge in [-0.25, -0.2) is 0 Å². The third kappa shape index (κ3) is 3.52. The highest BCUT2D eigenvalue weighted by atomic mass is 32.1. The molecule has 114 valence electrons. The third-order valence-corrected chi connectivity index (χ3v) is 5.47. The zero-order valence-electron chi connectivity index (χ0n) is 12.9. The number of nitrogens with one attached hydrogen (secondary N) is 1. The van der Waals surface area contributed by atoms with Crippen LogP contribution in [0.3, 0.4) is 0 Å². The maximum atomic E-state index is 4.24. The fraction of sp³-hybridized carbons (Fsp3) is 0.625. The van der Waals surface area contributed by atoms with Crippen LogP contribution in [-0.2, 0) is 26.3 Å². The Morgan fingerprint density at radius 3 is 2.95 bits per heavy atom. The summed E-state index contributed by atoms with van der Waals surface area (Å²) in [5, 5.41) is 11.9. The smallest absolute Gasteiger partial charge is 0.0846 e. The second kappa shape index (κ2) is 6.71. The van der Waals surface area contributed by atoms with E-state index in [2.05, 4.69) is 28.6 Å². The molecule has 3 rings (SSSR count). The standard InChI is InChI=1S/C16H24N4S/c1-3-17-14(10-13-11-20(2)19-18-13)16-9-12-7-5-4-6-8-15(12)21-16/h9,11,14,17H,3-8,10H2,1-2H3. The summed E-state index contributed by atoms with van der Waals surface area (Å²) in [7, 11) is 1.92. The lowest BCUT2D eigenvalue weighted by molar-refractivity contribution is 0.551. The van der Waals surface area contributed by atoms with Gasteiger partial charge in [0.2, 0.25) is 0 Å². The fourth-order valence-electron chi connectivity index (χ4n) is 3.08. The molecule has 0 saturated carbocycles. The van der Waals surface area contributed by atoms with Gasteiger partial charge in [-0.15, -0.1) is 16.4 Å². The first-order chi connectivity index (χ1) is 10.3. The van der Waals surface area contributed by atoms with Crippen LogP contribution in [0, 0.1) is 0 Å². The number of thiophene rings is 1. The SMILES string of the molecule is CCNC(Cc1cn(C)nn1)c1cc2c(s1)CCCCC2. The minimum Gasteiger partial charge on any atom is -0.309 e. The Labute approximate surface area is 130 Å². The summed E-state index contributed by atoms with van der Waals surface area (Å²) in [6, 6.07) is 2.80. The highest BCUT2D eigenvalue weighted by Gasteiger charge is 2.19. The number of fused-ring (bicyclic) bond motifs is 1. The van der Waals surface area contributed by atoms with Gasteiger partial charge in [0, 0.05) is 35.5 Å². The fourth-order valence-corrected chi connectivity index (χ4v) is 4.41. The summed E-state index contributed by atoms with van der Waals surface area (Å²) < 4.78 is 1.78. The number of aromatic nitrogens is 3. The third-order valence-electron chi connectivity index (χ3n) is 4.12. The van der Waals surface area contributed by atoms with E-state index >= 15 is 0 Å². The molecule has 0 radical (unpaired) electrons. The van der Waals surface area contributed by atoms with Crippen molar-refractivity contribution in [1.29, 1.82) is 0 Å². The van der Waals surface area contributed by atoms with Crippen molar-refractivity contribution in [3.05, 3.63) is 33.3 Å². The maximum absolute atomic E-state index is 4.24. The number of likely N-dealkylation sites (N-methyl/N-ethyl adjacent to an activating group) is 1. The van der Waals surface area contributed by atoms with Crippen molar-refractivity contribution in [3.8, 4) is 0 Å². The Bertz CT molecular complexity index is 563. The van der Waals surface area contributed by atoms with Gasteiger partial charge in [-0.1, -0.05) is 18.6 Å². The van der Waals surface area contributed by atoms with E-state index in [0.717, 1.165) is 18.7 Å². The Kier molecular flexibility index (Phi) is 4.70. The van der Waals surface area contributed by atoms with E-state index < -0.39 is 0 Å². The average molecular weight is 304 g/mol. The minimum absolute atomic E-state index is 0.364. The predicted octanol–water partition coefficient (Wildman–Crippen LogP) is 3.04. The number of hydrogen-bond acceptors (Lipinski definition) is 4. The van der Waals surface area contributed by atoms with E-state index in [-0.39, 0.29) is 0 Å². The minimum atomic E-state index is 0.364. The molecule has 1 aliphatic rings. The molecule has 0 aromatic carbocycles. The molecule has 5 heteroatoms. The molecule has 0 aliphatic heterocycles. The number of nitrogens with zero attached hydrogens (tertiary/aromatic N) is 3. The Morgan fingerprint density at radius 1 is 1.33 bits per heavy atom. The Morgan fingerprint density at radius 2 is 2.19 bits per heavy atom. The summed E-state index contributed by atoms with van der Waals surface area (Å²) in [5.41, 5.74) is 2.65. The second-order valence-corrected chi connectivity index (χ2v) is 7.02. The van der Waals surface area contributed by atoms with Gasteiger partial charge in [0.25, 0.3) is 0 Å². The number of aryl methyl sites for hydroxylation is 3. The van der Waals surface area contributed by atoms with E-state index in [9.17, 15) is 0 Å². The molecule has 0 spiro atoms. The predicted molar refractivity (Wildman–Crippen MR) is 86.7 cm³/mol. The van der Waals surface area contributed by atoms with Crippen LogP contribution in [0.4, 0.5) is 0 Å². The van der Waals surface area contributed by atoms with Crippen molar-refractivity contribution in [1.82, 2.24) is 20.3 Å². The summed E-state index contributed by atoms with van der Waals surface area (Å²) >= 11 is 2.01. The van der Waals surface area contributed by atoms with Crippen molar-refractivity contribution in [2.75, 3.05) is 6.54 Å². The maximum Gasteiger partial charge on any atom is 0.0846 e. The van der Waals surface area contributed by atoms with E-state index in [1.165, 1.54) is 37.0 Å². The average Bonchev–Trinajstić information content (AvgIpc) is 2.99. The molecule has 2 aromatic rings. The topological polar surface area (TPSA) is 42.7 Å². The van der Waals surface area contributed by atoms with Crippen molar-refractivity contribution >= 4 is 11.3 Å².